The van der Waals surface area contributed by atoms with Crippen LogP contribution in [0.4, 0.5) is 4.79 Å². The van der Waals surface area contributed by atoms with Crippen molar-refractivity contribution in [1.29, 1.82) is 0 Å². The van der Waals surface area contributed by atoms with Gasteiger partial charge in [0.1, 0.15) is 17.2 Å². The smallest absolute Gasteiger partial charge is 0.339 e. The van der Waals surface area contributed by atoms with Crippen molar-refractivity contribution < 1.29 is 31.7 Å². The molecule has 0 aliphatic carbocycles. The van der Waals surface area contributed by atoms with Gasteiger partial charge in [-0.05, 0) is 62.0 Å². The van der Waals surface area contributed by atoms with Crippen molar-refractivity contribution >= 4 is 61.0 Å². The molecule has 8 nitrogen and oxygen atoms in total. The van der Waals surface area contributed by atoms with Gasteiger partial charge in [-0.1, -0.05) is 34.1 Å². The number of benzene rings is 2. The molecule has 0 unspecified atom stereocenters. The van der Waals surface area contributed by atoms with Crippen LogP contribution in [0.25, 0.3) is 6.08 Å². The van der Waals surface area contributed by atoms with Crippen LogP contribution >= 0.6 is 27.7 Å². The van der Waals surface area contributed by atoms with Gasteiger partial charge in [0.05, 0.1) is 11.0 Å². The number of imide groups is 1. The lowest BCUT2D eigenvalue weighted by atomic mass is 10.2. The van der Waals surface area contributed by atoms with Gasteiger partial charge in [0.25, 0.3) is 11.1 Å². The third kappa shape index (κ3) is 5.78. The van der Waals surface area contributed by atoms with E-state index in [1.807, 2.05) is 0 Å². The van der Waals surface area contributed by atoms with Crippen molar-refractivity contribution in [3.05, 3.63) is 63.5 Å². The minimum atomic E-state index is -4.12. The molecule has 0 atom stereocenters. The number of carbonyl (C=O) groups excluding carboxylic acids is 3. The summed E-state index contributed by atoms with van der Waals surface area (Å²) in [6.07, 6.45) is 0.963. The van der Waals surface area contributed by atoms with Crippen LogP contribution in [0.15, 0.2) is 62.8 Å². The van der Waals surface area contributed by atoms with Crippen molar-refractivity contribution in [2.45, 2.75) is 24.8 Å². The molecule has 1 heterocycles. The Morgan fingerprint density at radius 2 is 1.84 bits per heavy atom. The molecular formula is C21H18BrNO7S2. The van der Waals surface area contributed by atoms with Crippen LogP contribution in [-0.4, -0.2) is 43.1 Å². The van der Waals surface area contributed by atoms with Crippen LogP contribution in [-0.2, 0) is 24.4 Å². The van der Waals surface area contributed by atoms with E-state index in [4.69, 9.17) is 8.92 Å². The molecule has 0 N–H and O–H groups in total. The monoisotopic (exact) mass is 539 g/mol. The highest BCUT2D eigenvalue weighted by atomic mass is 79.9. The van der Waals surface area contributed by atoms with Gasteiger partial charge in [-0.2, -0.15) is 8.42 Å². The van der Waals surface area contributed by atoms with E-state index in [1.165, 1.54) is 24.3 Å². The van der Waals surface area contributed by atoms with Crippen LogP contribution in [0, 0.1) is 0 Å². The van der Waals surface area contributed by atoms with Gasteiger partial charge in [-0.15, -0.1) is 0 Å². The van der Waals surface area contributed by atoms with Crippen molar-refractivity contribution in [1.82, 2.24) is 4.90 Å². The molecule has 1 aliphatic heterocycles. The number of nitrogens with zero attached hydrogens (tertiary/aromatic N) is 1. The molecule has 0 saturated carbocycles. The summed E-state index contributed by atoms with van der Waals surface area (Å²) in [6, 6.07) is 12.2. The number of thioether (sulfide) groups is 1. The predicted octanol–water partition coefficient (Wildman–Crippen LogP) is 4.20. The zero-order valence-corrected chi connectivity index (χ0v) is 20.2. The van der Waals surface area contributed by atoms with Crippen LogP contribution in [0.1, 0.15) is 19.4 Å². The molecule has 1 saturated heterocycles. The lowest BCUT2D eigenvalue weighted by molar-refractivity contribution is -0.149. The van der Waals surface area contributed by atoms with E-state index in [0.717, 1.165) is 4.90 Å². The molecule has 0 bridgehead atoms. The molecule has 1 fully saturated rings. The van der Waals surface area contributed by atoms with Gasteiger partial charge < -0.3 is 8.92 Å². The summed E-state index contributed by atoms with van der Waals surface area (Å²) in [4.78, 5) is 37.6. The summed E-state index contributed by atoms with van der Waals surface area (Å²) in [5, 5.41) is -0.628. The molecular weight excluding hydrogens is 522 g/mol. The molecule has 0 aromatic heterocycles. The molecule has 2 amide bonds. The van der Waals surface area contributed by atoms with Crippen LogP contribution in [0.2, 0.25) is 0 Å². The molecule has 32 heavy (non-hydrogen) atoms. The van der Waals surface area contributed by atoms with Crippen LogP contribution in [0.5, 0.6) is 5.75 Å². The summed E-state index contributed by atoms with van der Waals surface area (Å²) in [7, 11) is -4.12. The molecule has 2 aromatic carbocycles. The van der Waals surface area contributed by atoms with Gasteiger partial charge in [-0.25, -0.2) is 0 Å². The second kappa shape index (κ2) is 9.88. The minimum absolute atomic E-state index is 0.0207. The quantitative estimate of drug-likeness (QED) is 0.292. The Morgan fingerprint density at radius 1 is 1.16 bits per heavy atom. The maximum Gasteiger partial charge on any atom is 0.339 e. The average Bonchev–Trinajstić information content (AvgIpc) is 2.97. The number of hydrogen-bond donors (Lipinski definition) is 0. The van der Waals surface area contributed by atoms with Crippen molar-refractivity contribution in [2.75, 3.05) is 6.54 Å². The fourth-order valence-corrected chi connectivity index (χ4v) is 4.85. The van der Waals surface area contributed by atoms with E-state index in [-0.39, 0.29) is 27.2 Å². The standard InChI is InChI=1S/C21H18BrNO7S2/c1-13(2)29-19(24)12-23-20(25)18(31-21(23)26)11-14-10-15(22)8-9-17(14)30-32(27,28)16-6-4-3-5-7-16/h3-11,13H,12H2,1-2H3/b18-11-. The third-order valence-electron chi connectivity index (χ3n) is 4.02. The SMILES string of the molecule is CC(C)OC(=O)CN1C(=O)S/C(=C\c2cc(Br)ccc2OS(=O)(=O)c2ccccc2)C1=O. The highest BCUT2D eigenvalue weighted by molar-refractivity contribution is 9.10. The number of ether oxygens (including phenoxy) is 1. The lowest BCUT2D eigenvalue weighted by Crippen LogP contribution is -2.35. The number of halogens is 1. The highest BCUT2D eigenvalue weighted by Gasteiger charge is 2.37. The highest BCUT2D eigenvalue weighted by Crippen LogP contribution is 2.35. The van der Waals surface area contributed by atoms with Crippen molar-refractivity contribution in [3.8, 4) is 5.75 Å². The predicted molar refractivity (Wildman–Crippen MR) is 122 cm³/mol. The number of hydrogen-bond acceptors (Lipinski definition) is 8. The fourth-order valence-electron chi connectivity index (χ4n) is 2.67. The minimum Gasteiger partial charge on any atom is -0.462 e. The fraction of sp³-hybridized carbons (Fsp3) is 0.190. The summed E-state index contributed by atoms with van der Waals surface area (Å²) in [5.74, 6) is -1.41. The first-order chi connectivity index (χ1) is 15.1. The number of rotatable bonds is 7. The van der Waals surface area contributed by atoms with E-state index in [1.54, 1.807) is 44.2 Å². The summed E-state index contributed by atoms with van der Waals surface area (Å²) >= 11 is 3.94. The first-order valence-corrected chi connectivity index (χ1v) is 12.3. The Labute approximate surface area is 197 Å². The first-order valence-electron chi connectivity index (χ1n) is 9.31. The number of carbonyl (C=O) groups is 3. The third-order valence-corrected chi connectivity index (χ3v) is 6.67. The summed E-state index contributed by atoms with van der Waals surface area (Å²) < 4.78 is 36.1. The topological polar surface area (TPSA) is 107 Å². The Bertz CT molecular complexity index is 1190. The van der Waals surface area contributed by atoms with E-state index < -0.39 is 33.8 Å². The van der Waals surface area contributed by atoms with E-state index in [0.29, 0.717) is 16.2 Å². The molecule has 3 rings (SSSR count). The summed E-state index contributed by atoms with van der Waals surface area (Å²) in [6.45, 7) is 2.80. The van der Waals surface area contributed by atoms with E-state index >= 15 is 0 Å². The zero-order chi connectivity index (χ0) is 23.5. The Hall–Kier alpha value is -2.63. The number of amides is 2. The lowest BCUT2D eigenvalue weighted by Gasteiger charge is -2.13. The Morgan fingerprint density at radius 3 is 2.50 bits per heavy atom. The normalized spacial score (nSPS) is 15.5. The van der Waals surface area contributed by atoms with E-state index in [9.17, 15) is 22.8 Å². The maximum absolute atomic E-state index is 12.7. The largest absolute Gasteiger partial charge is 0.462 e. The van der Waals surface area contributed by atoms with Gasteiger partial charge >= 0.3 is 16.1 Å². The molecule has 2 aromatic rings. The molecule has 1 aliphatic rings. The molecule has 0 spiro atoms. The summed E-state index contributed by atoms with van der Waals surface area (Å²) in [5.41, 5.74) is 0.258. The number of esters is 1. The molecule has 0 radical (unpaired) electrons. The van der Waals surface area contributed by atoms with Gasteiger partial charge in [-0.3, -0.25) is 19.3 Å². The second-order valence-corrected chi connectivity index (χ2v) is 10.3. The van der Waals surface area contributed by atoms with Gasteiger partial charge in [0, 0.05) is 10.0 Å². The van der Waals surface area contributed by atoms with Crippen LogP contribution < -0.4 is 4.18 Å². The average molecular weight is 540 g/mol. The Kier molecular flexibility index (Phi) is 7.42. The van der Waals surface area contributed by atoms with Gasteiger partial charge in [0.2, 0.25) is 0 Å². The maximum atomic E-state index is 12.7. The molecule has 168 valence electrons. The molecule has 11 heteroatoms. The van der Waals surface area contributed by atoms with Gasteiger partial charge in [0.15, 0.2) is 0 Å². The van der Waals surface area contributed by atoms with Crippen LogP contribution in [0.3, 0.4) is 0 Å². The first kappa shape index (κ1) is 24.0. The van der Waals surface area contributed by atoms with Crippen molar-refractivity contribution in [2.24, 2.45) is 0 Å². The van der Waals surface area contributed by atoms with Crippen molar-refractivity contribution in [3.63, 3.8) is 0 Å². The zero-order valence-electron chi connectivity index (χ0n) is 17.0. The second-order valence-electron chi connectivity index (χ2n) is 6.84. The Balaban J connectivity index is 1.89. The van der Waals surface area contributed by atoms with E-state index in [2.05, 4.69) is 15.9 Å².